The number of nitrogens with zero attached hydrogens (tertiary/aromatic N) is 5. The zero-order chi connectivity index (χ0) is 18.1. The highest BCUT2D eigenvalue weighted by Crippen LogP contribution is 2.21. The highest BCUT2D eigenvalue weighted by molar-refractivity contribution is 7.20. The summed E-state index contributed by atoms with van der Waals surface area (Å²) in [5, 5.41) is 8.28. The van der Waals surface area contributed by atoms with Crippen LogP contribution in [0.4, 0.5) is 5.13 Å². The molecule has 0 radical (unpaired) electrons. The van der Waals surface area contributed by atoms with Crippen molar-refractivity contribution in [3.8, 4) is 0 Å². The molecule has 26 heavy (non-hydrogen) atoms. The number of pyridine rings is 1. The second-order valence-corrected chi connectivity index (χ2v) is 7.09. The van der Waals surface area contributed by atoms with Crippen LogP contribution in [-0.4, -0.2) is 49.5 Å². The first-order chi connectivity index (χ1) is 12.6. The van der Waals surface area contributed by atoms with Crippen LogP contribution in [0.15, 0.2) is 35.3 Å². The lowest BCUT2D eigenvalue weighted by molar-refractivity contribution is 0.0786. The Morgan fingerprint density at radius 2 is 2.31 bits per heavy atom. The maximum Gasteiger partial charge on any atom is 0.275 e. The van der Waals surface area contributed by atoms with Gasteiger partial charge in [0.1, 0.15) is 5.69 Å². The zero-order valence-corrected chi connectivity index (χ0v) is 15.1. The van der Waals surface area contributed by atoms with Gasteiger partial charge >= 0.3 is 0 Å². The number of anilines is 1. The van der Waals surface area contributed by atoms with E-state index in [2.05, 4.69) is 20.4 Å². The third-order valence-corrected chi connectivity index (χ3v) is 5.19. The summed E-state index contributed by atoms with van der Waals surface area (Å²) < 4.78 is 1.32. The Hall–Kier alpha value is -2.81. The van der Waals surface area contributed by atoms with Crippen molar-refractivity contribution in [3.05, 3.63) is 52.2 Å². The maximum atomic E-state index is 12.5. The number of rotatable bonds is 4. The fourth-order valence-corrected chi connectivity index (χ4v) is 3.89. The highest BCUT2D eigenvalue weighted by Gasteiger charge is 2.28. The standard InChI is InChI=1S/C17H18N6O2S/c1-2-11-9-14(24)23-17(20-11)26-16(21-23)19-12-6-8-22(10-12)15(25)13-5-3-4-7-18-13/h3-5,7,9,12H,2,6,8,10H2,1H3,(H,19,21). The molecule has 1 saturated heterocycles. The fraction of sp³-hybridized carbons (Fsp3) is 0.353. The van der Waals surface area contributed by atoms with Crippen molar-refractivity contribution in [2.45, 2.75) is 25.8 Å². The predicted octanol–water partition coefficient (Wildman–Crippen LogP) is 1.43. The van der Waals surface area contributed by atoms with E-state index in [1.165, 1.54) is 21.9 Å². The van der Waals surface area contributed by atoms with Crippen molar-refractivity contribution in [3.63, 3.8) is 0 Å². The van der Waals surface area contributed by atoms with Crippen molar-refractivity contribution in [2.75, 3.05) is 18.4 Å². The monoisotopic (exact) mass is 370 g/mol. The number of amides is 1. The average Bonchev–Trinajstić information content (AvgIpc) is 3.29. The molecule has 9 heteroatoms. The molecular formula is C17H18N6O2S. The number of carbonyl (C=O) groups is 1. The van der Waals surface area contributed by atoms with Gasteiger partial charge in [-0.15, -0.1) is 5.10 Å². The summed E-state index contributed by atoms with van der Waals surface area (Å²) in [7, 11) is 0. The number of aromatic nitrogens is 4. The van der Waals surface area contributed by atoms with Gasteiger partial charge in [0.25, 0.3) is 11.5 Å². The molecule has 0 bridgehead atoms. The van der Waals surface area contributed by atoms with E-state index in [9.17, 15) is 9.59 Å². The van der Waals surface area contributed by atoms with E-state index < -0.39 is 0 Å². The Morgan fingerprint density at radius 3 is 3.08 bits per heavy atom. The number of fused-ring (bicyclic) bond motifs is 1. The fourth-order valence-electron chi connectivity index (χ4n) is 2.98. The topological polar surface area (TPSA) is 92.5 Å². The van der Waals surface area contributed by atoms with Crippen LogP contribution in [0.5, 0.6) is 0 Å². The van der Waals surface area contributed by atoms with E-state index in [-0.39, 0.29) is 17.5 Å². The van der Waals surface area contributed by atoms with Crippen LogP contribution in [0.3, 0.4) is 0 Å². The van der Waals surface area contributed by atoms with E-state index in [1.807, 2.05) is 13.0 Å². The average molecular weight is 370 g/mol. The van der Waals surface area contributed by atoms with E-state index in [0.29, 0.717) is 35.3 Å². The summed E-state index contributed by atoms with van der Waals surface area (Å²) in [4.78, 5) is 35.5. The summed E-state index contributed by atoms with van der Waals surface area (Å²) in [6.45, 7) is 3.20. The Balaban J connectivity index is 1.47. The van der Waals surface area contributed by atoms with Gasteiger partial charge in [-0.25, -0.2) is 4.98 Å². The van der Waals surface area contributed by atoms with E-state index in [0.717, 1.165) is 12.1 Å². The molecule has 0 saturated carbocycles. The molecule has 3 aromatic rings. The van der Waals surface area contributed by atoms with Gasteiger partial charge in [0, 0.05) is 37.1 Å². The van der Waals surface area contributed by atoms with Gasteiger partial charge in [0.05, 0.1) is 0 Å². The van der Waals surface area contributed by atoms with Crippen LogP contribution in [0, 0.1) is 0 Å². The lowest BCUT2D eigenvalue weighted by atomic mass is 10.3. The molecule has 3 aromatic heterocycles. The van der Waals surface area contributed by atoms with E-state index in [4.69, 9.17) is 0 Å². The Bertz CT molecular complexity index is 999. The van der Waals surface area contributed by atoms with Gasteiger partial charge in [-0.3, -0.25) is 14.6 Å². The Kier molecular flexibility index (Phi) is 4.37. The lowest BCUT2D eigenvalue weighted by Gasteiger charge is -2.16. The Morgan fingerprint density at radius 1 is 1.42 bits per heavy atom. The third-order valence-electron chi connectivity index (χ3n) is 4.35. The number of nitrogens with one attached hydrogen (secondary N) is 1. The van der Waals surface area contributed by atoms with Crippen molar-refractivity contribution in [2.24, 2.45) is 0 Å². The normalized spacial score (nSPS) is 17.0. The molecule has 1 fully saturated rings. The molecule has 1 N–H and O–H groups in total. The first-order valence-electron chi connectivity index (χ1n) is 8.50. The second-order valence-electron chi connectivity index (χ2n) is 6.14. The van der Waals surface area contributed by atoms with Crippen LogP contribution < -0.4 is 10.9 Å². The molecule has 134 valence electrons. The molecule has 1 unspecified atom stereocenters. The molecular weight excluding hydrogens is 352 g/mol. The lowest BCUT2D eigenvalue weighted by Crippen LogP contribution is -2.32. The molecule has 4 rings (SSSR count). The minimum atomic E-state index is -0.172. The summed E-state index contributed by atoms with van der Waals surface area (Å²) in [6.07, 6.45) is 3.14. The minimum Gasteiger partial charge on any atom is -0.355 e. The maximum absolute atomic E-state index is 12.5. The summed E-state index contributed by atoms with van der Waals surface area (Å²) in [5.74, 6) is -0.0651. The van der Waals surface area contributed by atoms with Gasteiger partial charge in [-0.05, 0) is 25.0 Å². The van der Waals surface area contributed by atoms with Gasteiger partial charge in [0.15, 0.2) is 0 Å². The SMILES string of the molecule is CCc1cc(=O)n2nc(NC3CCN(C(=O)c4ccccn4)C3)sc2n1. The Labute approximate surface area is 153 Å². The van der Waals surface area contributed by atoms with E-state index in [1.54, 1.807) is 23.2 Å². The molecule has 4 heterocycles. The van der Waals surface area contributed by atoms with Crippen LogP contribution in [0.2, 0.25) is 0 Å². The number of aryl methyl sites for hydroxylation is 1. The van der Waals surface area contributed by atoms with E-state index >= 15 is 0 Å². The smallest absolute Gasteiger partial charge is 0.275 e. The first-order valence-corrected chi connectivity index (χ1v) is 9.32. The minimum absolute atomic E-state index is 0.0651. The molecule has 1 aliphatic rings. The highest BCUT2D eigenvalue weighted by atomic mass is 32.1. The van der Waals surface area contributed by atoms with Crippen molar-refractivity contribution in [1.82, 2.24) is 24.5 Å². The molecule has 1 atom stereocenters. The number of hydrogen-bond acceptors (Lipinski definition) is 7. The first kappa shape index (κ1) is 16.6. The zero-order valence-electron chi connectivity index (χ0n) is 14.3. The number of hydrogen-bond donors (Lipinski definition) is 1. The van der Waals surface area contributed by atoms with Crippen LogP contribution in [0.1, 0.15) is 29.5 Å². The summed E-state index contributed by atoms with van der Waals surface area (Å²) >= 11 is 1.35. The quantitative estimate of drug-likeness (QED) is 0.747. The molecule has 0 spiro atoms. The third kappa shape index (κ3) is 3.17. The molecule has 8 nitrogen and oxygen atoms in total. The van der Waals surface area contributed by atoms with Gasteiger partial charge < -0.3 is 10.2 Å². The summed E-state index contributed by atoms with van der Waals surface area (Å²) in [6, 6.07) is 6.92. The molecule has 0 aromatic carbocycles. The van der Waals surface area contributed by atoms with Crippen LogP contribution in [0.25, 0.3) is 4.96 Å². The van der Waals surface area contributed by atoms with Crippen molar-refractivity contribution in [1.29, 1.82) is 0 Å². The number of carbonyl (C=O) groups excluding carboxylic acids is 1. The van der Waals surface area contributed by atoms with Crippen LogP contribution in [-0.2, 0) is 6.42 Å². The largest absolute Gasteiger partial charge is 0.355 e. The predicted molar refractivity (Wildman–Crippen MR) is 98.7 cm³/mol. The number of likely N-dealkylation sites (tertiary alicyclic amines) is 1. The van der Waals surface area contributed by atoms with Crippen molar-refractivity contribution >= 4 is 27.3 Å². The second kappa shape index (κ2) is 6.83. The van der Waals surface area contributed by atoms with Gasteiger partial charge in [0.2, 0.25) is 10.1 Å². The van der Waals surface area contributed by atoms with Gasteiger partial charge in [-0.2, -0.15) is 4.52 Å². The van der Waals surface area contributed by atoms with Crippen LogP contribution >= 0.6 is 11.3 Å². The van der Waals surface area contributed by atoms with Crippen molar-refractivity contribution < 1.29 is 4.79 Å². The molecule has 1 amide bonds. The summed E-state index contributed by atoms with van der Waals surface area (Å²) in [5.41, 5.74) is 1.05. The molecule has 0 aliphatic carbocycles. The van der Waals surface area contributed by atoms with Gasteiger partial charge in [-0.1, -0.05) is 24.3 Å². The molecule has 1 aliphatic heterocycles.